The molecular formula is C28H40N2O5. The van der Waals surface area contributed by atoms with Crippen LogP contribution in [-0.4, -0.2) is 54.4 Å². The number of urea groups is 1. The van der Waals surface area contributed by atoms with Gasteiger partial charge in [0.1, 0.15) is 12.4 Å². The van der Waals surface area contributed by atoms with E-state index >= 15 is 0 Å². The number of amides is 2. The summed E-state index contributed by atoms with van der Waals surface area (Å²) in [7, 11) is 0. The Bertz CT molecular complexity index is 897. The average molecular weight is 485 g/mol. The van der Waals surface area contributed by atoms with Crippen molar-refractivity contribution in [2.24, 2.45) is 0 Å². The van der Waals surface area contributed by atoms with Gasteiger partial charge in [-0.1, -0.05) is 57.9 Å². The first-order chi connectivity index (χ1) is 16.8. The van der Waals surface area contributed by atoms with Crippen LogP contribution in [0.4, 0.5) is 10.5 Å². The van der Waals surface area contributed by atoms with Gasteiger partial charge in [-0.05, 0) is 54.7 Å². The standard InChI is InChI=1S/C28H40N2O5/c1-5-7-8-17-30(28(33)29-24-13-11-23(12-14-24)21(3)4)18-19-35-25-15-9-22(10-16-25)20-26(27(31)32)34-6-2/h9-16,21,26H,5-8,17-20H2,1-4H3,(H,29,33)(H,31,32). The molecule has 2 N–H and O–H groups in total. The minimum Gasteiger partial charge on any atom is -0.492 e. The van der Waals surface area contributed by atoms with Crippen molar-refractivity contribution in [3.8, 4) is 5.75 Å². The summed E-state index contributed by atoms with van der Waals surface area (Å²) in [5.74, 6) is 0.152. The van der Waals surface area contributed by atoms with Crippen LogP contribution in [0.1, 0.15) is 64.0 Å². The van der Waals surface area contributed by atoms with Crippen LogP contribution in [0.15, 0.2) is 48.5 Å². The summed E-state index contributed by atoms with van der Waals surface area (Å²) >= 11 is 0. The van der Waals surface area contributed by atoms with E-state index in [-0.39, 0.29) is 6.03 Å². The molecule has 1 atom stereocenters. The number of unbranched alkanes of at least 4 members (excludes halogenated alkanes) is 2. The Labute approximate surface area is 209 Å². The van der Waals surface area contributed by atoms with E-state index in [1.165, 1.54) is 5.56 Å². The summed E-state index contributed by atoms with van der Waals surface area (Å²) in [4.78, 5) is 26.0. The number of carboxylic acids is 1. The predicted molar refractivity (Wildman–Crippen MR) is 139 cm³/mol. The lowest BCUT2D eigenvalue weighted by Gasteiger charge is -2.23. The van der Waals surface area contributed by atoms with Crippen LogP contribution in [0.25, 0.3) is 0 Å². The van der Waals surface area contributed by atoms with Gasteiger partial charge in [0.2, 0.25) is 0 Å². The van der Waals surface area contributed by atoms with Gasteiger partial charge in [-0.3, -0.25) is 0 Å². The summed E-state index contributed by atoms with van der Waals surface area (Å²) in [6.07, 6.45) is 2.53. The van der Waals surface area contributed by atoms with Crippen molar-refractivity contribution in [3.05, 3.63) is 59.7 Å². The molecule has 35 heavy (non-hydrogen) atoms. The molecule has 2 aromatic carbocycles. The quantitative estimate of drug-likeness (QED) is 0.305. The Morgan fingerprint density at radius 2 is 1.66 bits per heavy atom. The molecule has 0 aliphatic heterocycles. The van der Waals surface area contributed by atoms with Gasteiger partial charge in [-0.2, -0.15) is 0 Å². The number of benzene rings is 2. The zero-order valence-electron chi connectivity index (χ0n) is 21.5. The van der Waals surface area contributed by atoms with E-state index in [4.69, 9.17) is 9.47 Å². The van der Waals surface area contributed by atoms with E-state index in [0.717, 1.165) is 30.5 Å². The molecule has 0 aliphatic carbocycles. The fourth-order valence-electron chi connectivity index (χ4n) is 3.65. The number of ether oxygens (including phenoxy) is 2. The number of anilines is 1. The molecule has 0 spiro atoms. The number of carbonyl (C=O) groups excluding carboxylic acids is 1. The third-order valence-electron chi connectivity index (χ3n) is 5.77. The Morgan fingerprint density at radius 1 is 0.971 bits per heavy atom. The van der Waals surface area contributed by atoms with Gasteiger partial charge in [-0.25, -0.2) is 9.59 Å². The molecule has 0 saturated heterocycles. The smallest absolute Gasteiger partial charge is 0.333 e. The van der Waals surface area contributed by atoms with Crippen LogP contribution in [0.5, 0.6) is 5.75 Å². The summed E-state index contributed by atoms with van der Waals surface area (Å²) in [6, 6.07) is 15.2. The first-order valence-electron chi connectivity index (χ1n) is 12.6. The summed E-state index contributed by atoms with van der Waals surface area (Å²) in [6.45, 7) is 10.1. The van der Waals surface area contributed by atoms with Crippen molar-refractivity contribution in [3.63, 3.8) is 0 Å². The molecule has 0 aromatic heterocycles. The lowest BCUT2D eigenvalue weighted by molar-refractivity contribution is -0.149. The molecular weight excluding hydrogens is 444 g/mol. The Morgan fingerprint density at radius 3 is 2.23 bits per heavy atom. The molecule has 7 heteroatoms. The second kappa shape index (κ2) is 15.0. The highest BCUT2D eigenvalue weighted by atomic mass is 16.5. The zero-order valence-corrected chi connectivity index (χ0v) is 21.5. The molecule has 1 unspecified atom stereocenters. The molecule has 0 bridgehead atoms. The van der Waals surface area contributed by atoms with E-state index in [0.29, 0.717) is 44.4 Å². The highest BCUT2D eigenvalue weighted by Crippen LogP contribution is 2.18. The van der Waals surface area contributed by atoms with Gasteiger partial charge in [0, 0.05) is 25.3 Å². The van der Waals surface area contributed by atoms with Crippen LogP contribution in [0.2, 0.25) is 0 Å². The number of hydrogen-bond acceptors (Lipinski definition) is 4. The summed E-state index contributed by atoms with van der Waals surface area (Å²) in [5.41, 5.74) is 2.88. The second-order valence-electron chi connectivity index (χ2n) is 8.88. The average Bonchev–Trinajstić information content (AvgIpc) is 2.84. The highest BCUT2D eigenvalue weighted by Gasteiger charge is 2.18. The molecule has 0 heterocycles. The van der Waals surface area contributed by atoms with Crippen molar-refractivity contribution < 1.29 is 24.2 Å². The van der Waals surface area contributed by atoms with Gasteiger partial charge in [0.15, 0.2) is 6.10 Å². The molecule has 2 rings (SSSR count). The SMILES string of the molecule is CCCCCN(CCOc1ccc(CC(OCC)C(=O)O)cc1)C(=O)Nc1ccc(C(C)C)cc1. The van der Waals surface area contributed by atoms with Gasteiger partial charge in [-0.15, -0.1) is 0 Å². The fourth-order valence-corrected chi connectivity index (χ4v) is 3.65. The third-order valence-corrected chi connectivity index (χ3v) is 5.77. The molecule has 0 aliphatic rings. The van der Waals surface area contributed by atoms with Crippen molar-refractivity contribution in [2.45, 2.75) is 65.4 Å². The molecule has 0 saturated carbocycles. The molecule has 7 nitrogen and oxygen atoms in total. The van der Waals surface area contributed by atoms with Crippen LogP contribution in [0, 0.1) is 0 Å². The van der Waals surface area contributed by atoms with E-state index in [9.17, 15) is 14.7 Å². The number of rotatable bonds is 15. The first-order valence-corrected chi connectivity index (χ1v) is 12.6. The predicted octanol–water partition coefficient (Wildman–Crippen LogP) is 5.95. The summed E-state index contributed by atoms with van der Waals surface area (Å²) in [5, 5.41) is 12.3. The van der Waals surface area contributed by atoms with Gasteiger partial charge in [0.25, 0.3) is 0 Å². The van der Waals surface area contributed by atoms with Crippen molar-refractivity contribution in [1.29, 1.82) is 0 Å². The van der Waals surface area contributed by atoms with Crippen molar-refractivity contribution in [1.82, 2.24) is 4.90 Å². The van der Waals surface area contributed by atoms with Crippen molar-refractivity contribution >= 4 is 17.7 Å². The Hall–Kier alpha value is -3.06. The Balaban J connectivity index is 1.91. The maximum absolute atomic E-state index is 12.9. The van der Waals surface area contributed by atoms with Crippen LogP contribution in [-0.2, 0) is 16.0 Å². The van der Waals surface area contributed by atoms with E-state index in [1.807, 2.05) is 48.5 Å². The maximum atomic E-state index is 12.9. The topological polar surface area (TPSA) is 88.1 Å². The van der Waals surface area contributed by atoms with Gasteiger partial charge in [0.05, 0.1) is 6.54 Å². The second-order valence-corrected chi connectivity index (χ2v) is 8.88. The fraction of sp³-hybridized carbons (Fsp3) is 0.500. The zero-order chi connectivity index (χ0) is 25.6. The minimum atomic E-state index is -0.968. The molecule has 0 fully saturated rings. The molecule has 0 radical (unpaired) electrons. The van der Waals surface area contributed by atoms with Crippen molar-refractivity contribution in [2.75, 3.05) is 31.6 Å². The van der Waals surface area contributed by atoms with Crippen LogP contribution >= 0.6 is 0 Å². The monoisotopic (exact) mass is 484 g/mol. The normalized spacial score (nSPS) is 11.8. The number of hydrogen-bond donors (Lipinski definition) is 2. The Kier molecular flexibility index (Phi) is 12.1. The van der Waals surface area contributed by atoms with Crippen LogP contribution in [0.3, 0.4) is 0 Å². The number of nitrogens with zero attached hydrogens (tertiary/aromatic N) is 1. The minimum absolute atomic E-state index is 0.131. The third kappa shape index (κ3) is 9.99. The number of carboxylic acid groups (broad SMARTS) is 1. The first kappa shape index (κ1) is 28.2. The van der Waals surface area contributed by atoms with E-state index in [2.05, 4.69) is 26.1 Å². The molecule has 2 amide bonds. The van der Waals surface area contributed by atoms with Gasteiger partial charge < -0.3 is 24.8 Å². The largest absolute Gasteiger partial charge is 0.492 e. The van der Waals surface area contributed by atoms with Crippen LogP contribution < -0.4 is 10.1 Å². The maximum Gasteiger partial charge on any atom is 0.333 e. The number of carbonyl (C=O) groups is 2. The lowest BCUT2D eigenvalue weighted by atomic mass is 10.0. The summed E-state index contributed by atoms with van der Waals surface area (Å²) < 4.78 is 11.1. The highest BCUT2D eigenvalue weighted by molar-refractivity contribution is 5.89. The number of aliphatic carboxylic acids is 1. The van der Waals surface area contributed by atoms with E-state index < -0.39 is 12.1 Å². The van der Waals surface area contributed by atoms with E-state index in [1.54, 1.807) is 11.8 Å². The van der Waals surface area contributed by atoms with Gasteiger partial charge >= 0.3 is 12.0 Å². The molecule has 192 valence electrons. The molecule has 2 aromatic rings. The lowest BCUT2D eigenvalue weighted by Crippen LogP contribution is -2.38. The number of nitrogens with one attached hydrogen (secondary N) is 1.